The van der Waals surface area contributed by atoms with Gasteiger partial charge in [0.25, 0.3) is 0 Å². The Labute approximate surface area is 114 Å². The molecule has 6 heteroatoms. The SMILES string of the molecule is Cn1ncnc1Sc1cc(CN)c2ccccc2n1. The van der Waals surface area contributed by atoms with Crippen molar-refractivity contribution >= 4 is 22.7 Å². The monoisotopic (exact) mass is 271 g/mol. The number of rotatable bonds is 3. The molecule has 5 nitrogen and oxygen atoms in total. The first kappa shape index (κ1) is 12.1. The molecular weight excluding hydrogens is 258 g/mol. The molecule has 0 unspecified atom stereocenters. The summed E-state index contributed by atoms with van der Waals surface area (Å²) in [6, 6.07) is 10.0. The number of pyridine rings is 1. The smallest absolute Gasteiger partial charge is 0.192 e. The van der Waals surface area contributed by atoms with Crippen molar-refractivity contribution in [2.24, 2.45) is 12.8 Å². The average molecular weight is 271 g/mol. The maximum Gasteiger partial charge on any atom is 0.192 e. The van der Waals surface area contributed by atoms with E-state index in [1.807, 2.05) is 37.4 Å². The van der Waals surface area contributed by atoms with Gasteiger partial charge in [-0.3, -0.25) is 0 Å². The zero-order chi connectivity index (χ0) is 13.2. The molecule has 0 spiro atoms. The molecule has 0 atom stereocenters. The fourth-order valence-electron chi connectivity index (χ4n) is 1.91. The van der Waals surface area contributed by atoms with Crippen LogP contribution in [0.25, 0.3) is 10.9 Å². The molecule has 0 amide bonds. The van der Waals surface area contributed by atoms with E-state index >= 15 is 0 Å². The molecule has 0 aliphatic heterocycles. The van der Waals surface area contributed by atoms with Crippen molar-refractivity contribution in [1.82, 2.24) is 19.7 Å². The molecule has 0 saturated heterocycles. The van der Waals surface area contributed by atoms with Crippen molar-refractivity contribution in [3.63, 3.8) is 0 Å². The highest BCUT2D eigenvalue weighted by Crippen LogP contribution is 2.27. The van der Waals surface area contributed by atoms with Crippen LogP contribution < -0.4 is 5.73 Å². The number of hydrogen-bond acceptors (Lipinski definition) is 5. The minimum absolute atomic E-state index is 0.495. The van der Waals surface area contributed by atoms with Crippen molar-refractivity contribution in [2.45, 2.75) is 16.7 Å². The van der Waals surface area contributed by atoms with Crippen molar-refractivity contribution in [3.05, 3.63) is 42.2 Å². The van der Waals surface area contributed by atoms with E-state index in [2.05, 4.69) is 15.1 Å². The van der Waals surface area contributed by atoms with Gasteiger partial charge in [-0.15, -0.1) is 0 Å². The number of fused-ring (bicyclic) bond motifs is 1. The van der Waals surface area contributed by atoms with Gasteiger partial charge in [-0.25, -0.2) is 14.6 Å². The largest absolute Gasteiger partial charge is 0.326 e. The third-order valence-corrected chi connectivity index (χ3v) is 3.83. The third kappa shape index (κ3) is 2.32. The molecule has 2 heterocycles. The Balaban J connectivity index is 2.07. The van der Waals surface area contributed by atoms with Gasteiger partial charge in [0.05, 0.1) is 5.52 Å². The van der Waals surface area contributed by atoms with Gasteiger partial charge in [-0.05, 0) is 29.5 Å². The Kier molecular flexibility index (Phi) is 3.18. The molecule has 2 aromatic heterocycles. The van der Waals surface area contributed by atoms with Crippen LogP contribution in [0.2, 0.25) is 0 Å². The van der Waals surface area contributed by atoms with Crippen molar-refractivity contribution in [1.29, 1.82) is 0 Å². The van der Waals surface area contributed by atoms with Crippen LogP contribution in [0.5, 0.6) is 0 Å². The lowest BCUT2D eigenvalue weighted by atomic mass is 10.1. The second-order valence-corrected chi connectivity index (χ2v) is 5.10. The second kappa shape index (κ2) is 4.99. The fraction of sp³-hybridized carbons (Fsp3) is 0.154. The van der Waals surface area contributed by atoms with E-state index in [9.17, 15) is 0 Å². The van der Waals surface area contributed by atoms with Gasteiger partial charge in [0.2, 0.25) is 0 Å². The summed E-state index contributed by atoms with van der Waals surface area (Å²) in [6.45, 7) is 0.495. The quantitative estimate of drug-likeness (QED) is 0.788. The van der Waals surface area contributed by atoms with Crippen LogP contribution in [0, 0.1) is 0 Å². The lowest BCUT2D eigenvalue weighted by Crippen LogP contribution is -2.00. The summed E-state index contributed by atoms with van der Waals surface area (Å²) in [4.78, 5) is 8.82. The summed E-state index contributed by atoms with van der Waals surface area (Å²) in [5.41, 5.74) is 7.86. The zero-order valence-corrected chi connectivity index (χ0v) is 11.3. The lowest BCUT2D eigenvalue weighted by molar-refractivity contribution is 0.684. The third-order valence-electron chi connectivity index (χ3n) is 2.86. The zero-order valence-electron chi connectivity index (χ0n) is 10.4. The van der Waals surface area contributed by atoms with Crippen LogP contribution in [0.4, 0.5) is 0 Å². The molecule has 0 aliphatic carbocycles. The standard InChI is InChI=1S/C13H13N5S/c1-18-13(15-8-16-18)19-12-6-9(7-14)10-4-2-3-5-11(10)17-12/h2-6,8H,7,14H2,1H3. The minimum Gasteiger partial charge on any atom is -0.326 e. The summed E-state index contributed by atoms with van der Waals surface area (Å²) in [5, 5.41) is 6.85. The van der Waals surface area contributed by atoms with E-state index < -0.39 is 0 Å². The van der Waals surface area contributed by atoms with E-state index in [1.54, 1.807) is 4.68 Å². The summed E-state index contributed by atoms with van der Waals surface area (Å²) >= 11 is 1.49. The number of nitrogens with zero attached hydrogens (tertiary/aromatic N) is 4. The highest BCUT2D eigenvalue weighted by atomic mass is 32.2. The van der Waals surface area contributed by atoms with Crippen LogP contribution in [0.1, 0.15) is 5.56 Å². The van der Waals surface area contributed by atoms with Crippen LogP contribution in [0.15, 0.2) is 46.8 Å². The highest BCUT2D eigenvalue weighted by molar-refractivity contribution is 7.99. The lowest BCUT2D eigenvalue weighted by Gasteiger charge is -2.07. The summed E-state index contributed by atoms with van der Waals surface area (Å²) in [6.07, 6.45) is 1.53. The normalized spacial score (nSPS) is 11.1. The molecule has 3 rings (SSSR count). The molecule has 3 aromatic rings. The maximum atomic E-state index is 5.82. The van der Waals surface area contributed by atoms with E-state index in [-0.39, 0.29) is 0 Å². The van der Waals surface area contributed by atoms with Crippen molar-refractivity contribution < 1.29 is 0 Å². The molecule has 1 aromatic carbocycles. The summed E-state index contributed by atoms with van der Waals surface area (Å²) in [7, 11) is 1.86. The minimum atomic E-state index is 0.495. The predicted octanol–water partition coefficient (Wildman–Crippen LogP) is 1.97. The molecule has 19 heavy (non-hydrogen) atoms. The highest BCUT2D eigenvalue weighted by Gasteiger charge is 2.08. The van der Waals surface area contributed by atoms with E-state index in [0.717, 1.165) is 26.6 Å². The second-order valence-electron chi connectivity index (χ2n) is 4.11. The Bertz CT molecular complexity index is 722. The van der Waals surface area contributed by atoms with Gasteiger partial charge in [-0.1, -0.05) is 18.2 Å². The molecule has 0 aliphatic rings. The first-order valence-corrected chi connectivity index (χ1v) is 6.70. The first-order valence-electron chi connectivity index (χ1n) is 5.88. The number of hydrogen-bond donors (Lipinski definition) is 1. The van der Waals surface area contributed by atoms with E-state index in [0.29, 0.717) is 6.54 Å². The topological polar surface area (TPSA) is 69.6 Å². The van der Waals surface area contributed by atoms with Crippen LogP contribution in [0.3, 0.4) is 0 Å². The molecule has 0 radical (unpaired) electrons. The maximum absolute atomic E-state index is 5.82. The van der Waals surface area contributed by atoms with Crippen LogP contribution in [-0.4, -0.2) is 19.7 Å². The van der Waals surface area contributed by atoms with E-state index in [4.69, 9.17) is 5.73 Å². The number of aromatic nitrogens is 4. The number of benzene rings is 1. The Morgan fingerprint density at radius 2 is 2.16 bits per heavy atom. The number of aryl methyl sites for hydroxylation is 1. The molecule has 0 bridgehead atoms. The van der Waals surface area contributed by atoms with Gasteiger partial charge in [0.1, 0.15) is 11.4 Å². The van der Waals surface area contributed by atoms with Crippen LogP contribution in [-0.2, 0) is 13.6 Å². The number of para-hydroxylation sites is 1. The fourth-order valence-corrected chi connectivity index (χ4v) is 2.72. The Hall–Kier alpha value is -1.92. The Morgan fingerprint density at radius 1 is 1.32 bits per heavy atom. The first-order chi connectivity index (χ1) is 9.28. The molecule has 0 saturated carbocycles. The molecule has 96 valence electrons. The molecule has 0 fully saturated rings. The average Bonchev–Trinajstić information content (AvgIpc) is 2.83. The van der Waals surface area contributed by atoms with Gasteiger partial charge >= 0.3 is 0 Å². The van der Waals surface area contributed by atoms with Gasteiger partial charge in [0, 0.05) is 19.0 Å². The van der Waals surface area contributed by atoms with Gasteiger partial charge < -0.3 is 5.73 Å². The van der Waals surface area contributed by atoms with Crippen LogP contribution >= 0.6 is 11.8 Å². The van der Waals surface area contributed by atoms with Crippen molar-refractivity contribution in [3.8, 4) is 0 Å². The number of nitrogens with two attached hydrogens (primary N) is 1. The molecular formula is C13H13N5S. The van der Waals surface area contributed by atoms with Crippen molar-refractivity contribution in [2.75, 3.05) is 0 Å². The van der Waals surface area contributed by atoms with E-state index in [1.165, 1.54) is 18.1 Å². The Morgan fingerprint density at radius 3 is 2.89 bits per heavy atom. The molecule has 2 N–H and O–H groups in total. The van der Waals surface area contributed by atoms with Gasteiger partial charge in [-0.2, -0.15) is 5.10 Å². The predicted molar refractivity (Wildman–Crippen MR) is 74.8 cm³/mol. The summed E-state index contributed by atoms with van der Waals surface area (Å²) < 4.78 is 1.73. The van der Waals surface area contributed by atoms with Gasteiger partial charge in [0.15, 0.2) is 5.16 Å². The summed E-state index contributed by atoms with van der Waals surface area (Å²) in [5.74, 6) is 0.